The lowest BCUT2D eigenvalue weighted by Crippen LogP contribution is -2.23. The summed E-state index contributed by atoms with van der Waals surface area (Å²) in [5.74, 6) is -0.0661. The summed E-state index contributed by atoms with van der Waals surface area (Å²) in [6.45, 7) is 7.18. The van der Waals surface area contributed by atoms with Crippen molar-refractivity contribution in [1.29, 1.82) is 0 Å². The third-order valence-corrected chi connectivity index (χ3v) is 3.98. The maximum Gasteiger partial charge on any atom is 0.198 e. The average Bonchev–Trinajstić information content (AvgIpc) is 2.62. The van der Waals surface area contributed by atoms with Gasteiger partial charge in [-0.05, 0) is 12.1 Å². The van der Waals surface area contributed by atoms with Gasteiger partial charge in [-0.2, -0.15) is 0 Å². The van der Waals surface area contributed by atoms with Crippen molar-refractivity contribution in [1.82, 2.24) is 0 Å². The second-order valence-electron chi connectivity index (χ2n) is 5.63. The summed E-state index contributed by atoms with van der Waals surface area (Å²) in [6.07, 6.45) is 0. The molecule has 0 amide bonds. The number of carbonyl (C=O) groups is 2. The molecule has 0 atom stereocenters. The summed E-state index contributed by atoms with van der Waals surface area (Å²) in [7, 11) is 0. The van der Waals surface area contributed by atoms with Gasteiger partial charge in [-0.1, -0.05) is 60.6 Å². The summed E-state index contributed by atoms with van der Waals surface area (Å²) in [5, 5.41) is 0.573. The van der Waals surface area contributed by atoms with Gasteiger partial charge < -0.3 is 9.47 Å². The molecule has 2 aromatic carbocycles. The molecule has 0 saturated carbocycles. The summed E-state index contributed by atoms with van der Waals surface area (Å²) in [4.78, 5) is 26.0. The van der Waals surface area contributed by atoms with Crippen LogP contribution in [-0.4, -0.2) is 24.8 Å². The Morgan fingerprint density at radius 3 is 1.50 bits per heavy atom. The average molecular weight is 389 g/mol. The fourth-order valence-electron chi connectivity index (χ4n) is 2.73. The minimum atomic E-state index is -0.319. The first-order chi connectivity index (χ1) is 12.4. The van der Waals surface area contributed by atoms with Crippen molar-refractivity contribution in [3.8, 4) is 11.5 Å². The predicted octanol–water partition coefficient (Wildman–Crippen LogP) is 4.72. The van der Waals surface area contributed by atoms with Gasteiger partial charge in [-0.25, -0.2) is 0 Å². The highest BCUT2D eigenvalue weighted by Crippen LogP contribution is 2.37. The number of fused-ring (bicyclic) bond motifs is 2. The largest absolute Gasteiger partial charge is 0.487 e. The Kier molecular flexibility index (Phi) is 5.16. The molecule has 0 radical (unpaired) electrons. The van der Waals surface area contributed by atoms with Crippen molar-refractivity contribution in [2.75, 3.05) is 13.2 Å². The van der Waals surface area contributed by atoms with Gasteiger partial charge in [0.25, 0.3) is 0 Å². The SMILES string of the molecule is C=C(Cl)COc1cccc2c1C(=O)c1cccc(OCC(=C)Cl)c1C2=O. The number of rotatable bonds is 6. The lowest BCUT2D eigenvalue weighted by atomic mass is 9.83. The Bertz CT molecular complexity index is 869. The van der Waals surface area contributed by atoms with Gasteiger partial charge in [-0.15, -0.1) is 0 Å². The predicted molar refractivity (Wildman–Crippen MR) is 101 cm³/mol. The Morgan fingerprint density at radius 2 is 1.15 bits per heavy atom. The van der Waals surface area contributed by atoms with Gasteiger partial charge in [-0.3, -0.25) is 9.59 Å². The Hall–Kier alpha value is -2.56. The highest BCUT2D eigenvalue weighted by atomic mass is 35.5. The third-order valence-electron chi connectivity index (χ3n) is 3.76. The summed E-state index contributed by atoms with van der Waals surface area (Å²) in [6, 6.07) is 9.69. The van der Waals surface area contributed by atoms with Crippen molar-refractivity contribution in [3.05, 3.63) is 81.9 Å². The van der Waals surface area contributed by atoms with Crippen molar-refractivity contribution in [2.45, 2.75) is 0 Å². The van der Waals surface area contributed by atoms with Gasteiger partial charge >= 0.3 is 0 Å². The van der Waals surface area contributed by atoms with Crippen LogP contribution in [0.4, 0.5) is 0 Å². The quantitative estimate of drug-likeness (QED) is 0.612. The van der Waals surface area contributed by atoms with Crippen LogP contribution in [0.15, 0.2) is 59.6 Å². The highest BCUT2D eigenvalue weighted by Gasteiger charge is 2.34. The van der Waals surface area contributed by atoms with E-state index in [0.717, 1.165) is 0 Å². The molecule has 1 aliphatic rings. The Morgan fingerprint density at radius 1 is 0.769 bits per heavy atom. The topological polar surface area (TPSA) is 52.6 Å². The van der Waals surface area contributed by atoms with Crippen molar-refractivity contribution < 1.29 is 19.1 Å². The van der Waals surface area contributed by atoms with E-state index in [9.17, 15) is 9.59 Å². The van der Waals surface area contributed by atoms with Crippen LogP contribution in [0.1, 0.15) is 31.8 Å². The molecule has 1 aliphatic carbocycles. The lowest BCUT2D eigenvalue weighted by molar-refractivity contribution is 0.0973. The lowest BCUT2D eigenvalue weighted by Gasteiger charge is -2.22. The maximum absolute atomic E-state index is 13.0. The Balaban J connectivity index is 2.08. The minimum absolute atomic E-state index is 0.0350. The summed E-state index contributed by atoms with van der Waals surface area (Å²) < 4.78 is 11.1. The first kappa shape index (κ1) is 18.2. The van der Waals surface area contributed by atoms with Gasteiger partial charge in [0.1, 0.15) is 24.7 Å². The molecule has 0 aliphatic heterocycles. The van der Waals surface area contributed by atoms with E-state index in [1.54, 1.807) is 36.4 Å². The van der Waals surface area contributed by atoms with Crippen LogP contribution in [0.3, 0.4) is 0 Å². The molecule has 0 bridgehead atoms. The van der Waals surface area contributed by atoms with Crippen molar-refractivity contribution in [2.24, 2.45) is 0 Å². The molecule has 0 heterocycles. The van der Waals surface area contributed by atoms with Gasteiger partial charge in [0.2, 0.25) is 0 Å². The zero-order valence-electron chi connectivity index (χ0n) is 13.7. The van der Waals surface area contributed by atoms with Crippen LogP contribution in [0.25, 0.3) is 0 Å². The van der Waals surface area contributed by atoms with E-state index >= 15 is 0 Å². The molecule has 0 aromatic heterocycles. The fourth-order valence-corrected chi connectivity index (χ4v) is 2.84. The fraction of sp³-hybridized carbons (Fsp3) is 0.100. The second-order valence-corrected chi connectivity index (χ2v) is 6.70. The normalized spacial score (nSPS) is 12.2. The maximum atomic E-state index is 13.0. The smallest absolute Gasteiger partial charge is 0.198 e. The van der Waals surface area contributed by atoms with Gasteiger partial charge in [0.05, 0.1) is 11.1 Å². The number of hydrogen-bond donors (Lipinski definition) is 0. The molecular formula is C20H14Cl2O4. The molecule has 0 unspecified atom stereocenters. The van der Waals surface area contributed by atoms with Crippen LogP contribution >= 0.6 is 23.2 Å². The van der Waals surface area contributed by atoms with Crippen LogP contribution in [0.5, 0.6) is 11.5 Å². The number of ketones is 2. The molecule has 0 N–H and O–H groups in total. The van der Waals surface area contributed by atoms with Crippen LogP contribution in [0.2, 0.25) is 0 Å². The molecular weight excluding hydrogens is 375 g/mol. The molecule has 0 saturated heterocycles. The molecule has 26 heavy (non-hydrogen) atoms. The van der Waals surface area contributed by atoms with E-state index in [2.05, 4.69) is 13.2 Å². The van der Waals surface area contributed by atoms with E-state index < -0.39 is 0 Å². The summed E-state index contributed by atoms with van der Waals surface area (Å²) >= 11 is 11.5. The molecule has 6 heteroatoms. The molecule has 4 nitrogen and oxygen atoms in total. The monoisotopic (exact) mass is 388 g/mol. The number of carbonyl (C=O) groups excluding carboxylic acids is 2. The number of ether oxygens (including phenoxy) is 2. The van der Waals surface area contributed by atoms with Crippen LogP contribution in [0, 0.1) is 0 Å². The number of hydrogen-bond acceptors (Lipinski definition) is 4. The Labute approximate surface area is 160 Å². The first-order valence-corrected chi connectivity index (χ1v) is 8.43. The summed E-state index contributed by atoms with van der Waals surface area (Å²) in [5.41, 5.74) is 0.922. The van der Waals surface area contributed by atoms with E-state index in [1.165, 1.54) is 0 Å². The molecule has 132 valence electrons. The number of benzene rings is 2. The zero-order chi connectivity index (χ0) is 18.8. The highest BCUT2D eigenvalue weighted by molar-refractivity contribution is 6.31. The van der Waals surface area contributed by atoms with Gasteiger partial charge in [0, 0.05) is 21.2 Å². The zero-order valence-corrected chi connectivity index (χ0v) is 15.2. The van der Waals surface area contributed by atoms with Crippen molar-refractivity contribution >= 4 is 34.8 Å². The van der Waals surface area contributed by atoms with Crippen molar-refractivity contribution in [3.63, 3.8) is 0 Å². The molecule has 0 spiro atoms. The van der Waals surface area contributed by atoms with Crippen LogP contribution < -0.4 is 9.47 Å². The van der Waals surface area contributed by atoms with Gasteiger partial charge in [0.15, 0.2) is 11.6 Å². The standard InChI is InChI=1S/C20H14Cl2O4/c1-11(21)9-25-15-7-3-5-13-17(15)19(23)14-6-4-8-16(18(14)20(13)24)26-10-12(2)22/h3-8H,1-2,9-10H2. The molecule has 3 rings (SSSR count). The van der Waals surface area contributed by atoms with E-state index in [-0.39, 0.29) is 68.6 Å². The van der Waals surface area contributed by atoms with Crippen LogP contribution in [-0.2, 0) is 0 Å². The third kappa shape index (κ3) is 3.39. The minimum Gasteiger partial charge on any atom is -0.487 e. The molecule has 0 fully saturated rings. The molecule has 2 aromatic rings. The van der Waals surface area contributed by atoms with E-state index in [4.69, 9.17) is 32.7 Å². The number of halogens is 2. The first-order valence-electron chi connectivity index (χ1n) is 7.67. The van der Waals surface area contributed by atoms with E-state index in [1.807, 2.05) is 0 Å². The van der Waals surface area contributed by atoms with E-state index in [0.29, 0.717) is 0 Å². The second kappa shape index (κ2) is 7.36.